The molecule has 0 radical (unpaired) electrons. The Bertz CT molecular complexity index is 330. The molecular weight excluding hydrogens is 200 g/mol. The number of rotatable bonds is 5. The largest absolute Gasteiger partial charge is 0.494 e. The van der Waals surface area contributed by atoms with Crippen LogP contribution < -0.4 is 9.47 Å². The molecule has 1 aromatic carbocycles. The summed E-state index contributed by atoms with van der Waals surface area (Å²) in [6.45, 7) is 11.1. The zero-order chi connectivity index (χ0) is 12.1. The summed E-state index contributed by atoms with van der Waals surface area (Å²) in [5.74, 6) is 2.32. The summed E-state index contributed by atoms with van der Waals surface area (Å²) in [5.41, 5.74) is 1.21. The van der Waals surface area contributed by atoms with Gasteiger partial charge in [0.2, 0.25) is 0 Å². The van der Waals surface area contributed by atoms with Crippen LogP contribution in [0.25, 0.3) is 0 Å². The minimum absolute atomic E-state index is 0.204. The molecule has 0 heterocycles. The van der Waals surface area contributed by atoms with Gasteiger partial charge in [-0.05, 0) is 44.9 Å². The van der Waals surface area contributed by atoms with Gasteiger partial charge in [0.25, 0.3) is 0 Å². The average molecular weight is 222 g/mol. The van der Waals surface area contributed by atoms with Crippen molar-refractivity contribution in [2.24, 2.45) is 0 Å². The van der Waals surface area contributed by atoms with Gasteiger partial charge in [-0.1, -0.05) is 13.8 Å². The molecule has 0 aliphatic carbocycles. The second-order valence-corrected chi connectivity index (χ2v) is 4.45. The van der Waals surface area contributed by atoms with Crippen LogP contribution in [0.3, 0.4) is 0 Å². The van der Waals surface area contributed by atoms with E-state index in [2.05, 4.69) is 19.9 Å². The van der Waals surface area contributed by atoms with Gasteiger partial charge in [0.1, 0.15) is 11.5 Å². The van der Waals surface area contributed by atoms with Crippen molar-refractivity contribution in [3.05, 3.63) is 23.8 Å². The van der Waals surface area contributed by atoms with Gasteiger partial charge < -0.3 is 9.47 Å². The molecule has 0 aromatic heterocycles. The lowest BCUT2D eigenvalue weighted by Gasteiger charge is -2.17. The molecule has 0 atom stereocenters. The van der Waals surface area contributed by atoms with Gasteiger partial charge in [-0.3, -0.25) is 0 Å². The second kappa shape index (κ2) is 5.78. The van der Waals surface area contributed by atoms with E-state index in [1.807, 2.05) is 32.9 Å². The van der Waals surface area contributed by atoms with E-state index in [4.69, 9.17) is 9.47 Å². The van der Waals surface area contributed by atoms with Crippen molar-refractivity contribution in [1.29, 1.82) is 0 Å². The fourth-order valence-corrected chi connectivity index (χ4v) is 1.60. The van der Waals surface area contributed by atoms with Crippen LogP contribution in [-0.2, 0) is 0 Å². The summed E-state index contributed by atoms with van der Waals surface area (Å²) in [6.07, 6.45) is 0.204. The predicted molar refractivity (Wildman–Crippen MR) is 67.5 cm³/mol. The lowest BCUT2D eigenvalue weighted by molar-refractivity contribution is 0.238. The molecule has 0 bridgehead atoms. The van der Waals surface area contributed by atoms with Gasteiger partial charge in [0.05, 0.1) is 12.7 Å². The third kappa shape index (κ3) is 3.44. The predicted octanol–water partition coefficient (Wildman–Crippen LogP) is 4.00. The Morgan fingerprint density at radius 1 is 1.12 bits per heavy atom. The summed E-state index contributed by atoms with van der Waals surface area (Å²) in [5, 5.41) is 0. The van der Waals surface area contributed by atoms with Crippen molar-refractivity contribution < 1.29 is 9.47 Å². The van der Waals surface area contributed by atoms with Crippen LogP contribution in [0.2, 0.25) is 0 Å². The molecule has 0 spiro atoms. The first kappa shape index (κ1) is 12.9. The Hall–Kier alpha value is -1.18. The van der Waals surface area contributed by atoms with E-state index in [1.54, 1.807) is 0 Å². The first-order valence-corrected chi connectivity index (χ1v) is 5.98. The molecule has 90 valence electrons. The lowest BCUT2D eigenvalue weighted by Crippen LogP contribution is -2.08. The quantitative estimate of drug-likeness (QED) is 0.749. The van der Waals surface area contributed by atoms with Crippen molar-refractivity contribution in [2.75, 3.05) is 6.61 Å². The van der Waals surface area contributed by atoms with E-state index in [-0.39, 0.29) is 6.10 Å². The van der Waals surface area contributed by atoms with Crippen LogP contribution in [0, 0.1) is 0 Å². The topological polar surface area (TPSA) is 18.5 Å². The molecule has 0 saturated heterocycles. The molecule has 0 unspecified atom stereocenters. The fourth-order valence-electron chi connectivity index (χ4n) is 1.60. The van der Waals surface area contributed by atoms with Crippen LogP contribution in [0.4, 0.5) is 0 Å². The molecule has 1 aromatic rings. The third-order valence-electron chi connectivity index (χ3n) is 2.28. The molecule has 0 saturated carbocycles. The summed E-state index contributed by atoms with van der Waals surface area (Å²) < 4.78 is 11.3. The Balaban J connectivity index is 2.99. The average Bonchev–Trinajstić information content (AvgIpc) is 2.19. The zero-order valence-electron chi connectivity index (χ0n) is 10.9. The first-order valence-electron chi connectivity index (χ1n) is 5.98. The first-order chi connectivity index (χ1) is 7.54. The van der Waals surface area contributed by atoms with Gasteiger partial charge >= 0.3 is 0 Å². The molecule has 0 amide bonds. The highest BCUT2D eigenvalue weighted by Crippen LogP contribution is 2.31. The SMILES string of the molecule is CCOc1ccc(OC(C)C)c(C(C)C)c1. The maximum atomic E-state index is 5.78. The van der Waals surface area contributed by atoms with E-state index in [1.165, 1.54) is 5.56 Å². The van der Waals surface area contributed by atoms with Crippen molar-refractivity contribution in [2.45, 2.75) is 46.6 Å². The molecule has 0 N–H and O–H groups in total. The molecule has 16 heavy (non-hydrogen) atoms. The molecular formula is C14H22O2. The Morgan fingerprint density at radius 2 is 1.81 bits per heavy atom. The smallest absolute Gasteiger partial charge is 0.123 e. The molecule has 0 aliphatic heterocycles. The third-order valence-corrected chi connectivity index (χ3v) is 2.28. The second-order valence-electron chi connectivity index (χ2n) is 4.45. The van der Waals surface area contributed by atoms with Gasteiger partial charge in [-0.25, -0.2) is 0 Å². The van der Waals surface area contributed by atoms with Crippen molar-refractivity contribution in [1.82, 2.24) is 0 Å². The van der Waals surface area contributed by atoms with Crippen molar-refractivity contribution >= 4 is 0 Å². The van der Waals surface area contributed by atoms with Gasteiger partial charge in [0, 0.05) is 5.56 Å². The summed E-state index contributed by atoms with van der Waals surface area (Å²) in [7, 11) is 0. The number of benzene rings is 1. The maximum Gasteiger partial charge on any atom is 0.123 e. The van der Waals surface area contributed by atoms with Crippen molar-refractivity contribution in [3.63, 3.8) is 0 Å². The van der Waals surface area contributed by atoms with Crippen LogP contribution in [0.1, 0.15) is 46.1 Å². The zero-order valence-corrected chi connectivity index (χ0v) is 10.9. The van der Waals surface area contributed by atoms with E-state index in [0.29, 0.717) is 12.5 Å². The minimum Gasteiger partial charge on any atom is -0.494 e. The van der Waals surface area contributed by atoms with Gasteiger partial charge in [0.15, 0.2) is 0 Å². The minimum atomic E-state index is 0.204. The lowest BCUT2D eigenvalue weighted by atomic mass is 10.0. The fraction of sp³-hybridized carbons (Fsp3) is 0.571. The van der Waals surface area contributed by atoms with E-state index < -0.39 is 0 Å². The molecule has 0 aliphatic rings. The maximum absolute atomic E-state index is 5.78. The van der Waals surface area contributed by atoms with Gasteiger partial charge in [-0.15, -0.1) is 0 Å². The summed E-state index contributed by atoms with van der Waals surface area (Å²) >= 11 is 0. The number of hydrogen-bond acceptors (Lipinski definition) is 2. The highest BCUT2D eigenvalue weighted by atomic mass is 16.5. The van der Waals surface area contributed by atoms with E-state index >= 15 is 0 Å². The number of ether oxygens (including phenoxy) is 2. The van der Waals surface area contributed by atoms with Gasteiger partial charge in [-0.2, -0.15) is 0 Å². The highest BCUT2D eigenvalue weighted by Gasteiger charge is 2.10. The monoisotopic (exact) mass is 222 g/mol. The van der Waals surface area contributed by atoms with Crippen LogP contribution in [-0.4, -0.2) is 12.7 Å². The summed E-state index contributed by atoms with van der Waals surface area (Å²) in [4.78, 5) is 0. The molecule has 2 nitrogen and oxygen atoms in total. The highest BCUT2D eigenvalue weighted by molar-refractivity contribution is 5.42. The Morgan fingerprint density at radius 3 is 2.31 bits per heavy atom. The number of hydrogen-bond donors (Lipinski definition) is 0. The van der Waals surface area contributed by atoms with Crippen molar-refractivity contribution in [3.8, 4) is 11.5 Å². The molecule has 1 rings (SSSR count). The van der Waals surface area contributed by atoms with Crippen LogP contribution in [0.15, 0.2) is 18.2 Å². The van der Waals surface area contributed by atoms with Crippen LogP contribution in [0.5, 0.6) is 11.5 Å². The van der Waals surface area contributed by atoms with Crippen LogP contribution >= 0.6 is 0 Å². The Labute approximate surface area is 98.6 Å². The standard InChI is InChI=1S/C14H22O2/c1-6-15-12-7-8-14(16-11(4)5)13(9-12)10(2)3/h7-11H,6H2,1-5H3. The Kier molecular flexibility index (Phi) is 4.66. The normalized spacial score (nSPS) is 10.9. The van der Waals surface area contributed by atoms with E-state index in [9.17, 15) is 0 Å². The summed E-state index contributed by atoms with van der Waals surface area (Å²) in [6, 6.07) is 6.04. The van der Waals surface area contributed by atoms with E-state index in [0.717, 1.165) is 11.5 Å². The molecule has 2 heteroatoms. The molecule has 0 fully saturated rings.